The normalized spacial score (nSPS) is 15.4. The number of hydrogen-bond acceptors (Lipinski definition) is 4. The molecule has 1 aromatic carbocycles. The first-order chi connectivity index (χ1) is 13.4. The van der Waals surface area contributed by atoms with Gasteiger partial charge in [0.05, 0.1) is 11.3 Å². The van der Waals surface area contributed by atoms with Crippen LogP contribution in [-0.4, -0.2) is 33.1 Å². The monoisotopic (exact) mass is 398 g/mol. The Hall–Kier alpha value is -2.64. The highest BCUT2D eigenvalue weighted by Gasteiger charge is 2.24. The molecule has 28 heavy (non-hydrogen) atoms. The van der Waals surface area contributed by atoms with Crippen molar-refractivity contribution < 1.29 is 9.18 Å². The number of benzene rings is 1. The fourth-order valence-corrected chi connectivity index (χ4v) is 3.59. The molecule has 1 atom stereocenters. The lowest BCUT2D eigenvalue weighted by Crippen LogP contribution is -2.43. The number of carbonyl (C=O) groups is 1. The van der Waals surface area contributed by atoms with Crippen molar-refractivity contribution in [2.45, 2.75) is 25.8 Å². The summed E-state index contributed by atoms with van der Waals surface area (Å²) in [6.07, 6.45) is 4.61. The molecule has 0 fully saturated rings. The maximum Gasteiger partial charge on any atom is 0.252 e. The molecule has 1 amide bonds. The predicted molar refractivity (Wildman–Crippen MR) is 112 cm³/mol. The number of hydrogen-bond donors (Lipinski definition) is 2. The third-order valence-corrected chi connectivity index (χ3v) is 5.23. The van der Waals surface area contributed by atoms with E-state index in [0.717, 1.165) is 22.4 Å². The van der Waals surface area contributed by atoms with Gasteiger partial charge in [-0.1, -0.05) is 24.4 Å². The number of nitrogens with two attached hydrogens (primary N) is 1. The molecule has 0 unspecified atom stereocenters. The molecule has 0 bridgehead atoms. The molecule has 3 N–H and O–H groups in total. The van der Waals surface area contributed by atoms with Crippen LogP contribution in [0.15, 0.2) is 53.8 Å². The lowest BCUT2D eigenvalue weighted by atomic mass is 9.90. The van der Waals surface area contributed by atoms with E-state index in [1.54, 1.807) is 23.0 Å². The Bertz CT molecular complexity index is 959. The molecule has 146 valence electrons. The molecular weight excluding hydrogens is 375 g/mol. The van der Waals surface area contributed by atoms with Gasteiger partial charge in [0.25, 0.3) is 5.91 Å². The van der Waals surface area contributed by atoms with Crippen LogP contribution < -0.4 is 11.1 Å². The number of aryl methyl sites for hydroxylation is 1. The first kappa shape index (κ1) is 20.1. The standard InChI is InChI=1S/C21H23FN4OS/c1-13-9-18(20(28)11-17(13)19-7-8-24-26(19)2)21(27)25-16(12-23)10-14-3-5-15(22)6-4-14/h3-9,16H,10-12,23H2,1-2H3,(H,25,27)/t16-/m0/s1. The lowest BCUT2D eigenvalue weighted by Gasteiger charge is -2.22. The van der Waals surface area contributed by atoms with Crippen molar-refractivity contribution in [3.05, 3.63) is 70.8 Å². The zero-order chi connectivity index (χ0) is 20.3. The van der Waals surface area contributed by atoms with Gasteiger partial charge < -0.3 is 11.1 Å². The van der Waals surface area contributed by atoms with E-state index in [2.05, 4.69) is 10.4 Å². The number of carbonyl (C=O) groups excluding carboxylic acids is 1. The van der Waals surface area contributed by atoms with Crippen LogP contribution in [0.4, 0.5) is 4.39 Å². The van der Waals surface area contributed by atoms with Crippen LogP contribution in [0.2, 0.25) is 0 Å². The van der Waals surface area contributed by atoms with Crippen molar-refractivity contribution in [1.82, 2.24) is 15.1 Å². The summed E-state index contributed by atoms with van der Waals surface area (Å²) in [7, 11) is 1.88. The second-order valence-corrected chi connectivity index (χ2v) is 7.39. The highest BCUT2D eigenvalue weighted by Crippen LogP contribution is 2.30. The van der Waals surface area contributed by atoms with Crippen LogP contribution in [0.3, 0.4) is 0 Å². The summed E-state index contributed by atoms with van der Waals surface area (Å²) in [5, 5.41) is 7.16. The van der Waals surface area contributed by atoms with E-state index in [-0.39, 0.29) is 24.3 Å². The molecule has 1 aliphatic carbocycles. The maximum atomic E-state index is 13.1. The molecule has 0 radical (unpaired) electrons. The van der Waals surface area contributed by atoms with E-state index in [0.29, 0.717) is 23.3 Å². The highest BCUT2D eigenvalue weighted by atomic mass is 32.1. The summed E-state index contributed by atoms with van der Waals surface area (Å²) in [5.74, 6) is -0.521. The van der Waals surface area contributed by atoms with E-state index >= 15 is 0 Å². The molecule has 1 heterocycles. The third-order valence-electron chi connectivity index (χ3n) is 4.86. The minimum atomic E-state index is -0.290. The van der Waals surface area contributed by atoms with Gasteiger partial charge >= 0.3 is 0 Å². The van der Waals surface area contributed by atoms with Gasteiger partial charge in [-0.2, -0.15) is 5.10 Å². The van der Waals surface area contributed by atoms with E-state index in [4.69, 9.17) is 18.0 Å². The van der Waals surface area contributed by atoms with Crippen LogP contribution in [0.1, 0.15) is 24.6 Å². The summed E-state index contributed by atoms with van der Waals surface area (Å²) in [6.45, 7) is 2.24. The molecule has 0 aliphatic heterocycles. The van der Waals surface area contributed by atoms with Gasteiger partial charge in [-0.25, -0.2) is 4.39 Å². The molecule has 1 aromatic heterocycles. The summed E-state index contributed by atoms with van der Waals surface area (Å²) in [4.78, 5) is 13.4. The average Bonchev–Trinajstić information content (AvgIpc) is 3.10. The fraction of sp³-hybridized carbons (Fsp3) is 0.286. The number of aromatic nitrogens is 2. The lowest BCUT2D eigenvalue weighted by molar-refractivity contribution is -0.117. The number of nitrogens with zero attached hydrogens (tertiary/aromatic N) is 2. The topological polar surface area (TPSA) is 72.9 Å². The summed E-state index contributed by atoms with van der Waals surface area (Å²) in [5.41, 5.74) is 10.3. The first-order valence-electron chi connectivity index (χ1n) is 9.07. The quantitative estimate of drug-likeness (QED) is 0.734. The molecular formula is C21H23FN4OS. The molecule has 7 heteroatoms. The summed E-state index contributed by atoms with van der Waals surface area (Å²) < 4.78 is 14.9. The Morgan fingerprint density at radius 2 is 2.07 bits per heavy atom. The van der Waals surface area contributed by atoms with E-state index in [1.807, 2.05) is 26.1 Å². The van der Waals surface area contributed by atoms with Crippen molar-refractivity contribution in [3.8, 4) is 0 Å². The van der Waals surface area contributed by atoms with Crippen LogP contribution in [0, 0.1) is 5.82 Å². The van der Waals surface area contributed by atoms with Crippen LogP contribution in [-0.2, 0) is 18.3 Å². The maximum absolute atomic E-state index is 13.1. The number of rotatable bonds is 6. The van der Waals surface area contributed by atoms with Crippen molar-refractivity contribution in [1.29, 1.82) is 0 Å². The molecule has 0 spiro atoms. The zero-order valence-electron chi connectivity index (χ0n) is 15.9. The minimum absolute atomic E-state index is 0.231. The molecule has 5 nitrogen and oxygen atoms in total. The van der Waals surface area contributed by atoms with Crippen LogP contribution >= 0.6 is 12.2 Å². The van der Waals surface area contributed by atoms with Crippen LogP contribution in [0.25, 0.3) is 5.57 Å². The number of allylic oxidation sites excluding steroid dienone is 3. The van der Waals surface area contributed by atoms with Crippen molar-refractivity contribution in [2.24, 2.45) is 12.8 Å². The van der Waals surface area contributed by atoms with E-state index in [1.165, 1.54) is 12.1 Å². The zero-order valence-corrected chi connectivity index (χ0v) is 16.7. The minimum Gasteiger partial charge on any atom is -0.348 e. The Kier molecular flexibility index (Phi) is 6.16. The van der Waals surface area contributed by atoms with Gasteiger partial charge in [0, 0.05) is 37.1 Å². The Morgan fingerprint density at radius 1 is 1.36 bits per heavy atom. The van der Waals surface area contributed by atoms with Gasteiger partial charge in [-0.05, 0) is 54.3 Å². The Morgan fingerprint density at radius 3 is 2.68 bits per heavy atom. The van der Waals surface area contributed by atoms with Crippen molar-refractivity contribution >= 4 is 28.6 Å². The average molecular weight is 399 g/mol. The molecule has 3 rings (SSSR count). The van der Waals surface area contributed by atoms with Gasteiger partial charge in [0.15, 0.2) is 0 Å². The largest absolute Gasteiger partial charge is 0.348 e. The molecule has 2 aromatic rings. The first-order valence-corrected chi connectivity index (χ1v) is 9.48. The molecule has 1 aliphatic rings. The highest BCUT2D eigenvalue weighted by molar-refractivity contribution is 7.81. The second-order valence-electron chi connectivity index (χ2n) is 6.90. The van der Waals surface area contributed by atoms with Crippen molar-refractivity contribution in [2.75, 3.05) is 6.54 Å². The van der Waals surface area contributed by atoms with E-state index < -0.39 is 0 Å². The van der Waals surface area contributed by atoms with Gasteiger partial charge in [-0.15, -0.1) is 0 Å². The summed E-state index contributed by atoms with van der Waals surface area (Å²) >= 11 is 5.52. The molecule has 0 saturated carbocycles. The van der Waals surface area contributed by atoms with Crippen molar-refractivity contribution in [3.63, 3.8) is 0 Å². The second kappa shape index (κ2) is 8.58. The third kappa shape index (κ3) is 4.43. The van der Waals surface area contributed by atoms with Crippen LogP contribution in [0.5, 0.6) is 0 Å². The fourth-order valence-electron chi connectivity index (χ4n) is 3.30. The number of nitrogens with one attached hydrogen (secondary N) is 1. The number of halogens is 1. The number of thiocarbonyl (C=S) groups is 1. The van der Waals surface area contributed by atoms with Gasteiger partial charge in [0.2, 0.25) is 0 Å². The smallest absolute Gasteiger partial charge is 0.252 e. The predicted octanol–water partition coefficient (Wildman–Crippen LogP) is 2.72. The SMILES string of the molecule is CC1=C(c2ccnn2C)CC(=S)C(C(=O)N[C@H](CN)Cc2ccc(F)cc2)=C1. The number of amides is 1. The van der Waals surface area contributed by atoms with Gasteiger partial charge in [0.1, 0.15) is 5.82 Å². The summed E-state index contributed by atoms with van der Waals surface area (Å²) in [6, 6.07) is 7.87. The molecule has 0 saturated heterocycles. The van der Waals surface area contributed by atoms with Gasteiger partial charge in [-0.3, -0.25) is 9.48 Å². The van der Waals surface area contributed by atoms with E-state index in [9.17, 15) is 9.18 Å². The Labute approximate surface area is 169 Å². The Balaban J connectivity index is 1.75.